The van der Waals surface area contributed by atoms with Crippen LogP contribution in [0, 0.1) is 11.8 Å². The van der Waals surface area contributed by atoms with E-state index in [2.05, 4.69) is 33.9 Å². The molecule has 1 amide bonds. The highest BCUT2D eigenvalue weighted by Crippen LogP contribution is 2.20. The first-order valence-electron chi connectivity index (χ1n) is 10.3. The summed E-state index contributed by atoms with van der Waals surface area (Å²) in [6.07, 6.45) is 5.28. The van der Waals surface area contributed by atoms with Crippen molar-refractivity contribution in [1.82, 2.24) is 15.2 Å². The molecule has 6 heteroatoms. The smallest absolute Gasteiger partial charge is 0.252 e. The molecule has 2 aliphatic heterocycles. The van der Waals surface area contributed by atoms with Gasteiger partial charge >= 0.3 is 0 Å². The molecule has 2 aliphatic rings. The lowest BCUT2D eigenvalue weighted by atomic mass is 10.1. The van der Waals surface area contributed by atoms with Gasteiger partial charge in [0.25, 0.3) is 5.91 Å². The zero-order valence-corrected chi connectivity index (χ0v) is 17.0. The van der Waals surface area contributed by atoms with Crippen LogP contribution in [0.15, 0.2) is 18.3 Å². The van der Waals surface area contributed by atoms with Crippen LogP contribution in [0.5, 0.6) is 0 Å². The van der Waals surface area contributed by atoms with E-state index in [0.29, 0.717) is 23.5 Å². The highest BCUT2D eigenvalue weighted by atomic mass is 16.5. The summed E-state index contributed by atoms with van der Waals surface area (Å²) in [5.41, 5.74) is 0.641. The summed E-state index contributed by atoms with van der Waals surface area (Å²) in [6, 6.07) is 3.85. The number of carbonyl (C=O) groups excluding carboxylic acids is 1. The monoisotopic (exact) mass is 374 g/mol. The van der Waals surface area contributed by atoms with E-state index in [1.54, 1.807) is 13.3 Å². The summed E-state index contributed by atoms with van der Waals surface area (Å²) in [5.74, 6) is 2.18. The number of piperidine rings is 1. The number of nitrogens with one attached hydrogen (secondary N) is 1. The molecule has 0 aliphatic carbocycles. The van der Waals surface area contributed by atoms with Crippen LogP contribution in [0.4, 0.5) is 5.82 Å². The molecule has 150 valence electrons. The number of ether oxygens (including phenoxy) is 1. The standard InChI is InChI=1S/C21H34N4O2/c1-16(2)14-24-9-6-17(15-24)12-23-21(26)18-4-5-20(22-13-18)25-10-7-19(27-3)8-11-25/h4-5,13,16-17,19H,6-12,14-15H2,1-3H3,(H,23,26). The summed E-state index contributed by atoms with van der Waals surface area (Å²) in [7, 11) is 1.78. The normalized spacial score (nSPS) is 21.8. The van der Waals surface area contributed by atoms with Gasteiger partial charge in [-0.2, -0.15) is 0 Å². The summed E-state index contributed by atoms with van der Waals surface area (Å²) in [6.45, 7) is 10.5. The first kappa shape index (κ1) is 20.1. The summed E-state index contributed by atoms with van der Waals surface area (Å²) in [4.78, 5) is 21.7. The molecule has 1 N–H and O–H groups in total. The van der Waals surface area contributed by atoms with Crippen molar-refractivity contribution in [1.29, 1.82) is 0 Å². The number of hydrogen-bond donors (Lipinski definition) is 1. The fourth-order valence-electron chi connectivity index (χ4n) is 4.13. The van der Waals surface area contributed by atoms with Gasteiger partial charge in [-0.3, -0.25) is 4.79 Å². The lowest BCUT2D eigenvalue weighted by Crippen LogP contribution is -2.37. The topological polar surface area (TPSA) is 57.7 Å². The fraction of sp³-hybridized carbons (Fsp3) is 0.714. The number of pyridine rings is 1. The lowest BCUT2D eigenvalue weighted by Gasteiger charge is -2.32. The molecule has 6 nitrogen and oxygen atoms in total. The fourth-order valence-corrected chi connectivity index (χ4v) is 4.13. The molecule has 1 atom stereocenters. The number of rotatable bonds is 7. The average molecular weight is 375 g/mol. The number of likely N-dealkylation sites (tertiary alicyclic amines) is 1. The van der Waals surface area contributed by atoms with Crippen LogP contribution < -0.4 is 10.2 Å². The predicted octanol–water partition coefficient (Wildman–Crippen LogP) is 2.40. The van der Waals surface area contributed by atoms with Gasteiger partial charge in [0.1, 0.15) is 5.82 Å². The quantitative estimate of drug-likeness (QED) is 0.794. The Morgan fingerprint density at radius 3 is 2.67 bits per heavy atom. The van der Waals surface area contributed by atoms with Crippen LogP contribution in [0.2, 0.25) is 0 Å². The maximum absolute atomic E-state index is 12.4. The highest BCUT2D eigenvalue weighted by Gasteiger charge is 2.23. The van der Waals surface area contributed by atoms with Crippen LogP contribution >= 0.6 is 0 Å². The Balaban J connectivity index is 1.44. The van der Waals surface area contributed by atoms with Crippen LogP contribution in [0.3, 0.4) is 0 Å². The van der Waals surface area contributed by atoms with Gasteiger partial charge in [-0.15, -0.1) is 0 Å². The zero-order chi connectivity index (χ0) is 19.2. The van der Waals surface area contributed by atoms with Gasteiger partial charge in [0.2, 0.25) is 0 Å². The van der Waals surface area contributed by atoms with E-state index in [1.165, 1.54) is 6.42 Å². The van der Waals surface area contributed by atoms with Crippen LogP contribution in [0.25, 0.3) is 0 Å². The second-order valence-electron chi connectivity index (χ2n) is 8.35. The number of anilines is 1. The van der Waals surface area contributed by atoms with E-state index in [1.807, 2.05) is 12.1 Å². The molecule has 3 heterocycles. The van der Waals surface area contributed by atoms with Crippen molar-refractivity contribution in [3.05, 3.63) is 23.9 Å². The molecule has 3 rings (SSSR count). The van der Waals surface area contributed by atoms with E-state index in [-0.39, 0.29) is 5.91 Å². The van der Waals surface area contributed by atoms with Gasteiger partial charge in [-0.1, -0.05) is 13.8 Å². The van der Waals surface area contributed by atoms with Crippen molar-refractivity contribution in [3.8, 4) is 0 Å². The van der Waals surface area contributed by atoms with Gasteiger partial charge in [0.05, 0.1) is 11.7 Å². The highest BCUT2D eigenvalue weighted by molar-refractivity contribution is 5.94. The Bertz CT molecular complexity index is 597. The van der Waals surface area contributed by atoms with Crippen molar-refractivity contribution < 1.29 is 9.53 Å². The summed E-state index contributed by atoms with van der Waals surface area (Å²) < 4.78 is 5.42. The van der Waals surface area contributed by atoms with Crippen molar-refractivity contribution in [2.24, 2.45) is 11.8 Å². The van der Waals surface area contributed by atoms with Gasteiger partial charge in [0, 0.05) is 46.0 Å². The molecule has 2 fully saturated rings. The van der Waals surface area contributed by atoms with E-state index < -0.39 is 0 Å². The van der Waals surface area contributed by atoms with Crippen LogP contribution in [-0.4, -0.2) is 68.3 Å². The second kappa shape index (κ2) is 9.51. The largest absolute Gasteiger partial charge is 0.381 e. The first-order chi connectivity index (χ1) is 13.0. The third-order valence-electron chi connectivity index (χ3n) is 5.65. The Hall–Kier alpha value is -1.66. The minimum absolute atomic E-state index is 0.0190. The first-order valence-corrected chi connectivity index (χ1v) is 10.3. The average Bonchev–Trinajstić information content (AvgIpc) is 3.13. The summed E-state index contributed by atoms with van der Waals surface area (Å²) >= 11 is 0. The Labute approximate surface area is 163 Å². The molecule has 27 heavy (non-hydrogen) atoms. The lowest BCUT2D eigenvalue weighted by molar-refractivity contribution is 0.0818. The van der Waals surface area contributed by atoms with Crippen molar-refractivity contribution in [2.45, 2.75) is 39.2 Å². The van der Waals surface area contributed by atoms with Gasteiger partial charge in [0.15, 0.2) is 0 Å². The SMILES string of the molecule is COC1CCN(c2ccc(C(=O)NCC3CCN(CC(C)C)C3)cn2)CC1. The van der Waals surface area contributed by atoms with E-state index >= 15 is 0 Å². The molecular formula is C21H34N4O2. The molecule has 0 saturated carbocycles. The number of hydrogen-bond acceptors (Lipinski definition) is 5. The predicted molar refractivity (Wildman–Crippen MR) is 108 cm³/mol. The number of amides is 1. The Morgan fingerprint density at radius 2 is 2.04 bits per heavy atom. The van der Waals surface area contributed by atoms with Crippen molar-refractivity contribution in [2.75, 3.05) is 51.3 Å². The van der Waals surface area contributed by atoms with Crippen LogP contribution in [-0.2, 0) is 4.74 Å². The maximum Gasteiger partial charge on any atom is 0.252 e. The van der Waals surface area contributed by atoms with E-state index in [9.17, 15) is 4.79 Å². The molecule has 1 unspecified atom stereocenters. The number of carbonyl (C=O) groups is 1. The Morgan fingerprint density at radius 1 is 1.26 bits per heavy atom. The molecule has 2 saturated heterocycles. The molecule has 1 aromatic rings. The van der Waals surface area contributed by atoms with E-state index in [4.69, 9.17) is 4.74 Å². The Kier molecular flexibility index (Phi) is 7.07. The number of nitrogens with zero attached hydrogens (tertiary/aromatic N) is 3. The number of aromatic nitrogens is 1. The number of methoxy groups -OCH3 is 1. The second-order valence-corrected chi connectivity index (χ2v) is 8.35. The maximum atomic E-state index is 12.4. The molecule has 1 aromatic heterocycles. The van der Waals surface area contributed by atoms with E-state index in [0.717, 1.165) is 57.9 Å². The molecule has 0 aromatic carbocycles. The van der Waals surface area contributed by atoms with Gasteiger partial charge in [-0.05, 0) is 49.8 Å². The molecular weight excluding hydrogens is 340 g/mol. The summed E-state index contributed by atoms with van der Waals surface area (Å²) in [5, 5.41) is 3.09. The minimum atomic E-state index is -0.0190. The molecule has 0 spiro atoms. The van der Waals surface area contributed by atoms with Crippen molar-refractivity contribution >= 4 is 11.7 Å². The van der Waals surface area contributed by atoms with Gasteiger partial charge in [-0.25, -0.2) is 4.98 Å². The third-order valence-corrected chi connectivity index (χ3v) is 5.65. The zero-order valence-electron chi connectivity index (χ0n) is 17.0. The third kappa shape index (κ3) is 5.66. The van der Waals surface area contributed by atoms with Crippen molar-refractivity contribution in [3.63, 3.8) is 0 Å². The van der Waals surface area contributed by atoms with Gasteiger partial charge < -0.3 is 19.9 Å². The molecule has 0 bridgehead atoms. The van der Waals surface area contributed by atoms with Crippen LogP contribution in [0.1, 0.15) is 43.5 Å². The molecule has 0 radical (unpaired) electrons. The minimum Gasteiger partial charge on any atom is -0.381 e.